The molecule has 1 N–H and O–H groups in total. The maximum atomic E-state index is 13.2. The molecule has 1 aliphatic heterocycles. The van der Waals surface area contributed by atoms with Gasteiger partial charge in [-0.1, -0.05) is 72.5 Å². The van der Waals surface area contributed by atoms with Crippen molar-refractivity contribution >= 4 is 34.2 Å². The summed E-state index contributed by atoms with van der Waals surface area (Å²) in [5, 5.41) is 19.8. The van der Waals surface area contributed by atoms with E-state index < -0.39 is 23.5 Å². The minimum atomic E-state index is -0.884. The first kappa shape index (κ1) is 22.2. The van der Waals surface area contributed by atoms with Crippen LogP contribution < -0.4 is 9.64 Å². The second-order valence-corrected chi connectivity index (χ2v) is 8.38. The van der Waals surface area contributed by atoms with Gasteiger partial charge in [-0.2, -0.15) is 0 Å². The number of benzene rings is 2. The van der Waals surface area contributed by atoms with Crippen LogP contribution in [0, 0.1) is 6.92 Å². The third kappa shape index (κ3) is 4.61. The quantitative estimate of drug-likeness (QED) is 0.391. The molecule has 0 saturated carbocycles. The molecule has 1 aromatic heterocycles. The van der Waals surface area contributed by atoms with Crippen LogP contribution in [0.2, 0.25) is 0 Å². The number of ether oxygens (including phenoxy) is 1. The normalized spacial score (nSPS) is 16.0. The molecule has 166 valence electrons. The number of allylic oxidation sites excluding steroid dienone is 1. The molecule has 1 unspecified atom stereocenters. The number of aryl methyl sites for hydroxylation is 1. The fraction of sp³-hybridized carbons (Fsp3) is 0.120. The lowest BCUT2D eigenvalue weighted by molar-refractivity contribution is -0.117. The van der Waals surface area contributed by atoms with Gasteiger partial charge in [0.2, 0.25) is 5.13 Å². The topological polar surface area (TPSA) is 92.6 Å². The van der Waals surface area contributed by atoms with Crippen LogP contribution in [0.3, 0.4) is 0 Å². The number of nitrogens with zero attached hydrogens (tertiary/aromatic N) is 3. The monoisotopic (exact) mass is 459 g/mol. The van der Waals surface area contributed by atoms with E-state index in [1.807, 2.05) is 30.3 Å². The van der Waals surface area contributed by atoms with Gasteiger partial charge in [0.05, 0.1) is 11.6 Å². The number of amides is 1. The average Bonchev–Trinajstić information content (AvgIpc) is 3.37. The van der Waals surface area contributed by atoms with Gasteiger partial charge in [-0.3, -0.25) is 14.5 Å². The van der Waals surface area contributed by atoms with Gasteiger partial charge in [0, 0.05) is 0 Å². The molecule has 0 aliphatic carbocycles. The number of hydrogen-bond donors (Lipinski definition) is 1. The molecule has 1 atom stereocenters. The summed E-state index contributed by atoms with van der Waals surface area (Å²) in [7, 11) is 0. The van der Waals surface area contributed by atoms with E-state index in [1.165, 1.54) is 22.3 Å². The Labute approximate surface area is 195 Å². The third-order valence-corrected chi connectivity index (χ3v) is 5.80. The lowest BCUT2D eigenvalue weighted by Crippen LogP contribution is -2.30. The van der Waals surface area contributed by atoms with E-state index in [0.29, 0.717) is 28.1 Å². The van der Waals surface area contributed by atoms with Gasteiger partial charge in [-0.05, 0) is 36.3 Å². The van der Waals surface area contributed by atoms with Crippen molar-refractivity contribution in [1.82, 2.24) is 10.2 Å². The van der Waals surface area contributed by atoms with Crippen LogP contribution in [0.5, 0.6) is 5.75 Å². The molecule has 33 heavy (non-hydrogen) atoms. The van der Waals surface area contributed by atoms with Crippen molar-refractivity contribution in [1.29, 1.82) is 0 Å². The molecular weight excluding hydrogens is 438 g/mol. The highest BCUT2D eigenvalue weighted by molar-refractivity contribution is 7.15. The van der Waals surface area contributed by atoms with Crippen molar-refractivity contribution in [2.45, 2.75) is 13.0 Å². The molecule has 8 heteroatoms. The second-order valence-electron chi connectivity index (χ2n) is 7.22. The van der Waals surface area contributed by atoms with Crippen molar-refractivity contribution in [3.8, 4) is 5.75 Å². The lowest BCUT2D eigenvalue weighted by atomic mass is 9.95. The van der Waals surface area contributed by atoms with Gasteiger partial charge in [-0.15, -0.1) is 10.2 Å². The fourth-order valence-electron chi connectivity index (χ4n) is 3.51. The highest BCUT2D eigenvalue weighted by Crippen LogP contribution is 2.42. The summed E-state index contributed by atoms with van der Waals surface area (Å²) in [6.45, 7) is 5.72. The highest BCUT2D eigenvalue weighted by Gasteiger charge is 2.45. The molecule has 2 heterocycles. The van der Waals surface area contributed by atoms with E-state index >= 15 is 0 Å². The van der Waals surface area contributed by atoms with Crippen LogP contribution in [-0.4, -0.2) is 33.6 Å². The average molecular weight is 460 g/mol. The Morgan fingerprint density at radius 3 is 2.70 bits per heavy atom. The van der Waals surface area contributed by atoms with Crippen LogP contribution in [0.4, 0.5) is 5.13 Å². The molecular formula is C25H21N3O4S. The molecule has 1 aliphatic rings. The molecule has 7 nitrogen and oxygen atoms in total. The Bertz CT molecular complexity index is 1260. The number of aromatic nitrogens is 2. The Hall–Kier alpha value is -4.04. The number of carbonyl (C=O) groups is 2. The van der Waals surface area contributed by atoms with Gasteiger partial charge >= 0.3 is 0 Å². The molecule has 4 rings (SSSR count). The first-order valence-electron chi connectivity index (χ1n) is 10.2. The SMILES string of the molecule is C=CCOc1cccc(C2C(C(=O)/C=C/c3ccccc3)=C(O)C(=O)N2c2nnc(C)s2)c1. The first-order chi connectivity index (χ1) is 16.0. The van der Waals surface area contributed by atoms with Gasteiger partial charge < -0.3 is 9.84 Å². The lowest BCUT2D eigenvalue weighted by Gasteiger charge is -2.24. The standard InChI is InChI=1S/C25H21N3O4S/c1-3-14-32-19-11-7-10-18(15-19)22-21(20(29)13-12-17-8-5-4-6-9-17)23(30)24(31)28(22)25-27-26-16(2)33-25/h3-13,15,22,30H,1,14H2,2H3/b13-12+. The predicted octanol–water partition coefficient (Wildman–Crippen LogP) is 4.59. The smallest absolute Gasteiger partial charge is 0.296 e. The predicted molar refractivity (Wildman–Crippen MR) is 127 cm³/mol. The Morgan fingerprint density at radius 2 is 2.00 bits per heavy atom. The number of aliphatic hydroxyl groups excluding tert-OH is 1. The minimum absolute atomic E-state index is 0.0269. The fourth-order valence-corrected chi connectivity index (χ4v) is 4.22. The van der Waals surface area contributed by atoms with E-state index in [4.69, 9.17) is 4.74 Å². The zero-order valence-corrected chi connectivity index (χ0v) is 18.7. The Kier molecular flexibility index (Phi) is 6.46. The summed E-state index contributed by atoms with van der Waals surface area (Å²) in [5.41, 5.74) is 1.39. The largest absolute Gasteiger partial charge is 0.503 e. The summed E-state index contributed by atoms with van der Waals surface area (Å²) >= 11 is 1.20. The maximum absolute atomic E-state index is 13.2. The number of ketones is 1. The second kappa shape index (κ2) is 9.62. The van der Waals surface area contributed by atoms with Crippen molar-refractivity contribution < 1.29 is 19.4 Å². The Morgan fingerprint density at radius 1 is 1.21 bits per heavy atom. The number of rotatable bonds is 8. The van der Waals surface area contributed by atoms with E-state index in [-0.39, 0.29) is 5.57 Å². The van der Waals surface area contributed by atoms with Crippen molar-refractivity contribution in [3.05, 3.63) is 101 Å². The zero-order chi connectivity index (χ0) is 23.4. The van der Waals surface area contributed by atoms with Gasteiger partial charge in [0.15, 0.2) is 11.5 Å². The van der Waals surface area contributed by atoms with E-state index in [2.05, 4.69) is 16.8 Å². The van der Waals surface area contributed by atoms with Crippen LogP contribution in [0.25, 0.3) is 6.08 Å². The molecule has 0 radical (unpaired) electrons. The van der Waals surface area contributed by atoms with Crippen LogP contribution in [-0.2, 0) is 9.59 Å². The van der Waals surface area contributed by atoms with E-state index in [0.717, 1.165) is 5.56 Å². The maximum Gasteiger partial charge on any atom is 0.296 e. The van der Waals surface area contributed by atoms with Crippen LogP contribution in [0.15, 0.2) is 84.7 Å². The van der Waals surface area contributed by atoms with Gasteiger partial charge in [0.1, 0.15) is 17.4 Å². The number of anilines is 1. The molecule has 0 spiro atoms. The highest BCUT2D eigenvalue weighted by atomic mass is 32.1. The molecule has 0 bridgehead atoms. The number of carbonyl (C=O) groups excluding carboxylic acids is 2. The molecule has 1 amide bonds. The Balaban J connectivity index is 1.77. The van der Waals surface area contributed by atoms with Crippen molar-refractivity contribution in [3.63, 3.8) is 0 Å². The molecule has 2 aromatic carbocycles. The molecule has 3 aromatic rings. The van der Waals surface area contributed by atoms with Crippen molar-refractivity contribution in [2.75, 3.05) is 11.5 Å². The van der Waals surface area contributed by atoms with Crippen LogP contribution >= 0.6 is 11.3 Å². The molecule has 0 saturated heterocycles. The summed E-state index contributed by atoms with van der Waals surface area (Å²) in [6.07, 6.45) is 4.62. The van der Waals surface area contributed by atoms with E-state index in [9.17, 15) is 14.7 Å². The third-order valence-electron chi connectivity index (χ3n) is 4.96. The number of aliphatic hydroxyl groups is 1. The van der Waals surface area contributed by atoms with Gasteiger partial charge in [-0.25, -0.2) is 0 Å². The summed E-state index contributed by atoms with van der Waals surface area (Å²) < 4.78 is 5.63. The van der Waals surface area contributed by atoms with Crippen LogP contribution in [0.1, 0.15) is 22.2 Å². The van der Waals surface area contributed by atoms with E-state index in [1.54, 1.807) is 43.3 Å². The molecule has 0 fully saturated rings. The zero-order valence-electron chi connectivity index (χ0n) is 17.8. The summed E-state index contributed by atoms with van der Waals surface area (Å²) in [5.74, 6) is -1.24. The summed E-state index contributed by atoms with van der Waals surface area (Å²) in [4.78, 5) is 27.6. The van der Waals surface area contributed by atoms with Crippen molar-refractivity contribution in [2.24, 2.45) is 0 Å². The minimum Gasteiger partial charge on any atom is -0.503 e. The summed E-state index contributed by atoms with van der Waals surface area (Å²) in [6, 6.07) is 15.4. The number of hydrogen-bond acceptors (Lipinski definition) is 7. The van der Waals surface area contributed by atoms with Gasteiger partial charge in [0.25, 0.3) is 5.91 Å². The first-order valence-corrected chi connectivity index (χ1v) is 11.0.